The van der Waals surface area contributed by atoms with E-state index in [1.165, 1.54) is 12.1 Å². The number of carbonyl (C=O) groups excluding carboxylic acids is 1. The number of aromatic nitrogens is 2. The van der Waals surface area contributed by atoms with Crippen molar-refractivity contribution in [2.24, 2.45) is 0 Å². The second-order valence-electron chi connectivity index (χ2n) is 6.74. The summed E-state index contributed by atoms with van der Waals surface area (Å²) in [5, 5.41) is 9.02. The Morgan fingerprint density at radius 2 is 2.08 bits per heavy atom. The molecule has 132 valence electrons. The summed E-state index contributed by atoms with van der Waals surface area (Å²) in [7, 11) is 0. The van der Waals surface area contributed by atoms with E-state index in [0.717, 1.165) is 42.7 Å². The molecule has 0 N–H and O–H groups in total. The minimum absolute atomic E-state index is 0.134. The molecule has 0 bridgehead atoms. The number of benzene rings is 1. The van der Waals surface area contributed by atoms with Crippen molar-refractivity contribution in [3.8, 4) is 6.07 Å². The molecule has 2 aromatic rings. The van der Waals surface area contributed by atoms with Crippen LogP contribution in [0, 0.1) is 24.1 Å². The summed E-state index contributed by atoms with van der Waals surface area (Å²) in [6.45, 7) is 6.07. The predicted molar refractivity (Wildman–Crippen MR) is 93.0 cm³/mol. The standard InChI is InChI=1S/C19H18FN5O/c1-11-17-16(22-12(2)23-18(17)24-4-3-5-24)10-25(11)19(26)14-6-13(9-21)7-15(20)8-14/h6-8,11H,3-5,10H2,1-2H3/t11-/m1/s1. The minimum atomic E-state index is -0.589. The van der Waals surface area contributed by atoms with Crippen LogP contribution >= 0.6 is 0 Å². The molecule has 3 heterocycles. The molecule has 1 aromatic heterocycles. The van der Waals surface area contributed by atoms with Gasteiger partial charge in [0.25, 0.3) is 5.91 Å². The summed E-state index contributed by atoms with van der Waals surface area (Å²) in [6, 6.07) is 5.40. The Hall–Kier alpha value is -3.01. The largest absolute Gasteiger partial charge is 0.356 e. The molecule has 0 radical (unpaired) electrons. The van der Waals surface area contributed by atoms with Crippen molar-refractivity contribution in [3.05, 3.63) is 52.2 Å². The molecule has 1 aromatic carbocycles. The maximum atomic E-state index is 13.7. The number of carbonyl (C=O) groups is 1. The molecule has 0 aliphatic carbocycles. The molecule has 2 aliphatic rings. The molecule has 0 saturated carbocycles. The van der Waals surface area contributed by atoms with Crippen LogP contribution < -0.4 is 4.90 Å². The van der Waals surface area contributed by atoms with Crippen molar-refractivity contribution in [1.82, 2.24) is 14.9 Å². The molecule has 0 unspecified atom stereocenters. The molecule has 1 saturated heterocycles. The SMILES string of the molecule is Cc1nc2c(c(N3CCC3)n1)[C@@H](C)N(C(=O)c1cc(F)cc(C#N)c1)C2. The highest BCUT2D eigenvalue weighted by Crippen LogP contribution is 2.40. The first-order valence-corrected chi connectivity index (χ1v) is 8.62. The van der Waals surface area contributed by atoms with Crippen LogP contribution in [0.2, 0.25) is 0 Å². The summed E-state index contributed by atoms with van der Waals surface area (Å²) in [5.41, 5.74) is 2.13. The Balaban J connectivity index is 1.70. The summed E-state index contributed by atoms with van der Waals surface area (Å²) >= 11 is 0. The molecule has 1 atom stereocenters. The van der Waals surface area contributed by atoms with Crippen LogP contribution in [0.25, 0.3) is 0 Å². The average molecular weight is 351 g/mol. The Bertz CT molecular complexity index is 948. The number of nitrogens with zero attached hydrogens (tertiary/aromatic N) is 5. The van der Waals surface area contributed by atoms with Gasteiger partial charge in [0.2, 0.25) is 0 Å². The first-order chi connectivity index (χ1) is 12.5. The lowest BCUT2D eigenvalue weighted by atomic mass is 10.1. The van der Waals surface area contributed by atoms with Gasteiger partial charge >= 0.3 is 0 Å². The summed E-state index contributed by atoms with van der Waals surface area (Å²) in [6.07, 6.45) is 1.13. The Morgan fingerprint density at radius 1 is 1.31 bits per heavy atom. The van der Waals surface area contributed by atoms with Crippen molar-refractivity contribution in [2.45, 2.75) is 32.9 Å². The number of hydrogen-bond acceptors (Lipinski definition) is 5. The van der Waals surface area contributed by atoms with Gasteiger partial charge < -0.3 is 9.80 Å². The zero-order valence-electron chi connectivity index (χ0n) is 14.7. The maximum absolute atomic E-state index is 13.7. The van der Waals surface area contributed by atoms with Crippen LogP contribution in [0.5, 0.6) is 0 Å². The molecule has 1 fully saturated rings. The predicted octanol–water partition coefficient (Wildman–Crippen LogP) is 2.72. The first kappa shape index (κ1) is 16.5. The highest BCUT2D eigenvalue weighted by molar-refractivity contribution is 5.95. The fraction of sp³-hybridized carbons (Fsp3) is 0.368. The number of hydrogen-bond donors (Lipinski definition) is 0. The fourth-order valence-corrected chi connectivity index (χ4v) is 3.59. The smallest absolute Gasteiger partial charge is 0.254 e. The number of anilines is 1. The third-order valence-electron chi connectivity index (χ3n) is 5.01. The Morgan fingerprint density at radius 3 is 2.73 bits per heavy atom. The summed E-state index contributed by atoms with van der Waals surface area (Å²) in [4.78, 5) is 26.0. The topological polar surface area (TPSA) is 73.1 Å². The van der Waals surface area contributed by atoms with Crippen LogP contribution in [0.4, 0.5) is 10.2 Å². The van der Waals surface area contributed by atoms with Gasteiger partial charge in [-0.3, -0.25) is 4.79 Å². The second kappa shape index (κ2) is 6.06. The minimum Gasteiger partial charge on any atom is -0.356 e. The van der Waals surface area contributed by atoms with Gasteiger partial charge in [0, 0.05) is 24.2 Å². The monoisotopic (exact) mass is 351 g/mol. The third-order valence-corrected chi connectivity index (χ3v) is 5.01. The van der Waals surface area contributed by atoms with E-state index >= 15 is 0 Å². The van der Waals surface area contributed by atoms with Crippen molar-refractivity contribution in [3.63, 3.8) is 0 Å². The lowest BCUT2D eigenvalue weighted by Gasteiger charge is -2.34. The van der Waals surface area contributed by atoms with Crippen LogP contribution in [0.15, 0.2) is 18.2 Å². The van der Waals surface area contributed by atoms with Gasteiger partial charge in [-0.15, -0.1) is 0 Å². The molecule has 26 heavy (non-hydrogen) atoms. The average Bonchev–Trinajstić information content (AvgIpc) is 2.88. The highest BCUT2D eigenvalue weighted by Gasteiger charge is 2.37. The number of aryl methyl sites for hydroxylation is 1. The summed E-state index contributed by atoms with van der Waals surface area (Å²) in [5.74, 6) is 0.690. The van der Waals surface area contributed by atoms with Gasteiger partial charge in [0.15, 0.2) is 0 Å². The molecule has 1 amide bonds. The molecular formula is C19H18FN5O. The van der Waals surface area contributed by atoms with Crippen molar-refractivity contribution in [1.29, 1.82) is 5.26 Å². The van der Waals surface area contributed by atoms with Gasteiger partial charge in [0.1, 0.15) is 17.5 Å². The second-order valence-corrected chi connectivity index (χ2v) is 6.74. The normalized spacial score (nSPS) is 18.3. The third kappa shape index (κ3) is 2.58. The van der Waals surface area contributed by atoms with Gasteiger partial charge in [-0.2, -0.15) is 5.26 Å². The molecule has 6 nitrogen and oxygen atoms in total. The van der Waals surface area contributed by atoms with Crippen LogP contribution in [0.1, 0.15) is 52.4 Å². The fourth-order valence-electron chi connectivity index (χ4n) is 3.59. The number of rotatable bonds is 2. The van der Waals surface area contributed by atoms with Crippen LogP contribution in [0.3, 0.4) is 0 Å². The number of fused-ring (bicyclic) bond motifs is 1. The number of halogens is 1. The molecular weight excluding hydrogens is 333 g/mol. The van der Waals surface area contributed by atoms with E-state index in [2.05, 4.69) is 14.9 Å². The highest BCUT2D eigenvalue weighted by atomic mass is 19.1. The quantitative estimate of drug-likeness (QED) is 0.832. The molecule has 4 rings (SSSR count). The van der Waals surface area contributed by atoms with Gasteiger partial charge in [-0.1, -0.05) is 0 Å². The van der Waals surface area contributed by atoms with Gasteiger partial charge in [-0.05, 0) is 38.5 Å². The molecule has 2 aliphatic heterocycles. The van der Waals surface area contributed by atoms with E-state index in [4.69, 9.17) is 5.26 Å². The number of amides is 1. The van der Waals surface area contributed by atoms with E-state index < -0.39 is 5.82 Å². The van der Waals surface area contributed by atoms with Crippen molar-refractivity contribution >= 4 is 11.7 Å². The number of nitriles is 1. The van der Waals surface area contributed by atoms with Crippen LogP contribution in [-0.4, -0.2) is 33.9 Å². The molecule has 0 spiro atoms. The Labute approximate surface area is 150 Å². The zero-order valence-corrected chi connectivity index (χ0v) is 14.7. The molecule has 7 heteroatoms. The first-order valence-electron chi connectivity index (χ1n) is 8.62. The van der Waals surface area contributed by atoms with Crippen LogP contribution in [-0.2, 0) is 6.54 Å². The summed E-state index contributed by atoms with van der Waals surface area (Å²) < 4.78 is 13.7. The van der Waals surface area contributed by atoms with Crippen molar-refractivity contribution in [2.75, 3.05) is 18.0 Å². The van der Waals surface area contributed by atoms with E-state index in [1.54, 1.807) is 4.90 Å². The maximum Gasteiger partial charge on any atom is 0.254 e. The van der Waals surface area contributed by atoms with Crippen molar-refractivity contribution < 1.29 is 9.18 Å². The van der Waals surface area contributed by atoms with E-state index in [-0.39, 0.29) is 23.1 Å². The lowest BCUT2D eigenvalue weighted by molar-refractivity contribution is 0.0703. The van der Waals surface area contributed by atoms with Gasteiger partial charge in [0.05, 0.1) is 29.9 Å². The lowest BCUT2D eigenvalue weighted by Crippen LogP contribution is -2.39. The zero-order chi connectivity index (χ0) is 18.4. The van der Waals surface area contributed by atoms with Gasteiger partial charge in [-0.25, -0.2) is 14.4 Å². The van der Waals surface area contributed by atoms with E-state index in [9.17, 15) is 9.18 Å². The van der Waals surface area contributed by atoms with E-state index in [1.807, 2.05) is 19.9 Å². The van der Waals surface area contributed by atoms with E-state index in [0.29, 0.717) is 12.4 Å². The Kier molecular flexibility index (Phi) is 3.83.